The second-order valence-electron chi connectivity index (χ2n) is 6.68. The molecule has 7 nitrogen and oxygen atoms in total. The molecule has 1 saturated heterocycles. The van der Waals surface area contributed by atoms with Crippen LogP contribution in [-0.2, 0) is 9.84 Å². The minimum Gasteiger partial charge on any atom is -0.440 e. The molecule has 8 heteroatoms. The lowest BCUT2D eigenvalue weighted by atomic mass is 9.98. The zero-order chi connectivity index (χ0) is 18.3. The van der Waals surface area contributed by atoms with E-state index in [0.29, 0.717) is 24.1 Å². The van der Waals surface area contributed by atoms with Gasteiger partial charge in [-0.25, -0.2) is 23.4 Å². The maximum Gasteiger partial charge on any atom is 0.200 e. The van der Waals surface area contributed by atoms with Crippen LogP contribution in [0, 0.1) is 6.92 Å². The Kier molecular flexibility index (Phi) is 4.14. The maximum atomic E-state index is 12.1. The molecule has 0 bridgehead atoms. The number of hydrogen-bond acceptors (Lipinski definition) is 7. The van der Waals surface area contributed by atoms with Crippen LogP contribution in [0.5, 0.6) is 0 Å². The zero-order valence-corrected chi connectivity index (χ0v) is 15.5. The van der Waals surface area contributed by atoms with Crippen LogP contribution in [0.15, 0.2) is 39.8 Å². The van der Waals surface area contributed by atoms with Crippen LogP contribution in [0.25, 0.3) is 11.1 Å². The van der Waals surface area contributed by atoms with Crippen LogP contribution in [0.4, 0.5) is 5.82 Å². The van der Waals surface area contributed by atoms with Crippen LogP contribution >= 0.6 is 0 Å². The summed E-state index contributed by atoms with van der Waals surface area (Å²) in [6.45, 7) is 3.12. The van der Waals surface area contributed by atoms with Gasteiger partial charge in [0.25, 0.3) is 0 Å². The Bertz CT molecular complexity index is 1030. The van der Waals surface area contributed by atoms with Crippen LogP contribution in [-0.4, -0.2) is 42.7 Å². The summed E-state index contributed by atoms with van der Waals surface area (Å²) in [4.78, 5) is 15.3. The third-order valence-corrected chi connectivity index (χ3v) is 5.72. The number of rotatable bonds is 3. The van der Waals surface area contributed by atoms with Crippen molar-refractivity contribution in [3.05, 3.63) is 42.2 Å². The molecule has 1 aliphatic rings. The van der Waals surface area contributed by atoms with E-state index in [-0.39, 0.29) is 10.8 Å². The van der Waals surface area contributed by atoms with E-state index in [4.69, 9.17) is 4.42 Å². The fourth-order valence-electron chi connectivity index (χ4n) is 3.37. The first-order valence-electron chi connectivity index (χ1n) is 8.56. The van der Waals surface area contributed by atoms with Gasteiger partial charge in [-0.2, -0.15) is 0 Å². The fraction of sp³-hybridized carbons (Fsp3) is 0.389. The summed E-state index contributed by atoms with van der Waals surface area (Å²) in [5.41, 5.74) is 1.61. The quantitative estimate of drug-likeness (QED) is 0.698. The fourth-order valence-corrected chi connectivity index (χ4v) is 4.12. The summed E-state index contributed by atoms with van der Waals surface area (Å²) in [6, 6.07) is 7.69. The summed E-state index contributed by atoms with van der Waals surface area (Å²) >= 11 is 0. The molecule has 0 aliphatic carbocycles. The number of para-hydroxylation sites is 2. The largest absolute Gasteiger partial charge is 0.440 e. The van der Waals surface area contributed by atoms with Gasteiger partial charge in [0.2, 0.25) is 0 Å². The number of aryl methyl sites for hydroxylation is 1. The number of aromatic nitrogens is 3. The number of oxazole rings is 1. The van der Waals surface area contributed by atoms with Gasteiger partial charge in [0.1, 0.15) is 16.2 Å². The molecule has 3 aromatic rings. The second kappa shape index (κ2) is 6.35. The predicted molar refractivity (Wildman–Crippen MR) is 98.1 cm³/mol. The van der Waals surface area contributed by atoms with Crippen LogP contribution in [0.2, 0.25) is 0 Å². The van der Waals surface area contributed by atoms with Crippen LogP contribution < -0.4 is 4.90 Å². The van der Waals surface area contributed by atoms with Crippen LogP contribution in [0.3, 0.4) is 0 Å². The van der Waals surface area contributed by atoms with Gasteiger partial charge >= 0.3 is 0 Å². The summed E-state index contributed by atoms with van der Waals surface area (Å²) < 4.78 is 30.2. The zero-order valence-electron chi connectivity index (χ0n) is 14.7. The van der Waals surface area contributed by atoms with E-state index in [1.165, 1.54) is 12.5 Å². The maximum absolute atomic E-state index is 12.1. The summed E-state index contributed by atoms with van der Waals surface area (Å²) in [7, 11) is -3.41. The molecule has 0 saturated carbocycles. The molecule has 26 heavy (non-hydrogen) atoms. The number of benzene rings is 1. The van der Waals surface area contributed by atoms with Crippen molar-refractivity contribution < 1.29 is 12.8 Å². The average molecular weight is 372 g/mol. The lowest BCUT2D eigenvalue weighted by Crippen LogP contribution is -2.36. The first-order valence-corrected chi connectivity index (χ1v) is 10.4. The summed E-state index contributed by atoms with van der Waals surface area (Å²) in [6.07, 6.45) is 4.44. The lowest BCUT2D eigenvalue weighted by molar-refractivity contribution is 0.411. The van der Waals surface area contributed by atoms with Crippen molar-refractivity contribution in [1.82, 2.24) is 15.0 Å². The summed E-state index contributed by atoms with van der Waals surface area (Å²) in [5.74, 6) is 1.82. The molecule has 0 radical (unpaired) electrons. The Labute approximate surface area is 152 Å². The molecule has 0 N–H and O–H groups in total. The Morgan fingerprint density at radius 3 is 2.81 bits per heavy atom. The van der Waals surface area contributed by atoms with Crippen molar-refractivity contribution in [1.29, 1.82) is 0 Å². The molecule has 1 aromatic carbocycles. The number of hydrogen-bond donors (Lipinski definition) is 0. The molecule has 2 aromatic heterocycles. The predicted octanol–water partition coefficient (Wildman–Crippen LogP) is 2.71. The number of fused-ring (bicyclic) bond motifs is 1. The molecule has 4 rings (SSSR count). The number of nitrogens with zero attached hydrogens (tertiary/aromatic N) is 4. The van der Waals surface area contributed by atoms with Gasteiger partial charge < -0.3 is 9.32 Å². The normalized spacial score (nSPS) is 18.4. The van der Waals surface area contributed by atoms with Gasteiger partial charge in [-0.1, -0.05) is 12.1 Å². The van der Waals surface area contributed by atoms with Gasteiger partial charge in [-0.15, -0.1) is 0 Å². The highest BCUT2D eigenvalue weighted by Gasteiger charge is 2.29. The minimum absolute atomic E-state index is 0.0961. The first kappa shape index (κ1) is 17.0. The minimum atomic E-state index is -3.41. The highest BCUT2D eigenvalue weighted by molar-refractivity contribution is 7.90. The van der Waals surface area contributed by atoms with Crippen molar-refractivity contribution in [3.8, 4) is 0 Å². The van der Waals surface area contributed by atoms with Crippen molar-refractivity contribution in [2.45, 2.75) is 30.6 Å². The SMILES string of the molecule is Cc1ncc(S(C)(=O)=O)c(N2CCCC(c3nc4ccccc4o3)C2)n1. The van der Waals surface area contributed by atoms with E-state index in [2.05, 4.69) is 15.0 Å². The molecule has 136 valence electrons. The van der Waals surface area contributed by atoms with E-state index < -0.39 is 9.84 Å². The monoisotopic (exact) mass is 372 g/mol. The topological polar surface area (TPSA) is 89.2 Å². The number of anilines is 1. The molecular weight excluding hydrogens is 352 g/mol. The third kappa shape index (κ3) is 3.16. The van der Waals surface area contributed by atoms with E-state index in [1.807, 2.05) is 29.2 Å². The highest BCUT2D eigenvalue weighted by Crippen LogP contribution is 2.32. The smallest absolute Gasteiger partial charge is 0.200 e. The van der Waals surface area contributed by atoms with Gasteiger partial charge in [0, 0.05) is 19.3 Å². The van der Waals surface area contributed by atoms with Gasteiger partial charge in [0.15, 0.2) is 27.1 Å². The highest BCUT2D eigenvalue weighted by atomic mass is 32.2. The second-order valence-corrected chi connectivity index (χ2v) is 8.67. The molecule has 1 fully saturated rings. The molecule has 1 atom stereocenters. The Balaban J connectivity index is 1.68. The van der Waals surface area contributed by atoms with Crippen molar-refractivity contribution in [2.24, 2.45) is 0 Å². The molecule has 1 unspecified atom stereocenters. The van der Waals surface area contributed by atoms with E-state index in [9.17, 15) is 8.42 Å². The van der Waals surface area contributed by atoms with Crippen molar-refractivity contribution in [3.63, 3.8) is 0 Å². The van der Waals surface area contributed by atoms with E-state index in [1.54, 1.807) is 6.92 Å². The van der Waals surface area contributed by atoms with Gasteiger partial charge in [-0.3, -0.25) is 0 Å². The van der Waals surface area contributed by atoms with Gasteiger partial charge in [0.05, 0.1) is 12.1 Å². The van der Waals surface area contributed by atoms with Crippen molar-refractivity contribution in [2.75, 3.05) is 24.2 Å². The average Bonchev–Trinajstić information content (AvgIpc) is 3.05. The standard InChI is InChI=1S/C18H20N4O3S/c1-12-19-10-16(26(2,23)24)17(20-12)22-9-5-6-13(11-22)18-21-14-7-3-4-8-15(14)25-18/h3-4,7-8,10,13H,5-6,9,11H2,1-2H3. The molecule has 1 aliphatic heterocycles. The molecule has 3 heterocycles. The van der Waals surface area contributed by atoms with Gasteiger partial charge in [-0.05, 0) is 31.9 Å². The Hall–Kier alpha value is -2.48. The third-order valence-electron chi connectivity index (χ3n) is 4.64. The number of piperidine rings is 1. The first-order chi connectivity index (χ1) is 12.4. The molecular formula is C18H20N4O3S. The van der Waals surface area contributed by atoms with Crippen molar-refractivity contribution >= 4 is 26.8 Å². The van der Waals surface area contributed by atoms with E-state index >= 15 is 0 Å². The van der Waals surface area contributed by atoms with E-state index in [0.717, 1.165) is 30.5 Å². The van der Waals surface area contributed by atoms with Crippen LogP contribution in [0.1, 0.15) is 30.5 Å². The Morgan fingerprint density at radius 2 is 2.04 bits per heavy atom. The summed E-state index contributed by atoms with van der Waals surface area (Å²) in [5, 5.41) is 0. The number of sulfone groups is 1. The molecule has 0 amide bonds. The Morgan fingerprint density at radius 1 is 1.23 bits per heavy atom. The molecule has 0 spiro atoms. The lowest BCUT2D eigenvalue weighted by Gasteiger charge is -2.33.